The van der Waals surface area contributed by atoms with Crippen LogP contribution < -0.4 is 4.74 Å². The van der Waals surface area contributed by atoms with Crippen molar-refractivity contribution in [2.75, 3.05) is 6.61 Å². The number of hydrogen-bond donors (Lipinski definition) is 0. The summed E-state index contributed by atoms with van der Waals surface area (Å²) in [5, 5.41) is 8.62. The van der Waals surface area contributed by atoms with E-state index >= 15 is 0 Å². The van der Waals surface area contributed by atoms with E-state index in [0.717, 1.165) is 0 Å². The normalized spacial score (nSPS) is 9.93. The van der Waals surface area contributed by atoms with Crippen molar-refractivity contribution < 1.29 is 13.5 Å². The number of nitrogens with zero attached hydrogens (tertiary/aromatic N) is 2. The van der Waals surface area contributed by atoms with E-state index in [1.807, 2.05) is 6.07 Å². The Kier molecular flexibility index (Phi) is 3.35. The van der Waals surface area contributed by atoms with Crippen molar-refractivity contribution >= 4 is 0 Å². The molecule has 1 aromatic rings. The maximum absolute atomic E-state index is 11.8. The van der Waals surface area contributed by atoms with E-state index in [1.54, 1.807) is 13.0 Å². The van der Waals surface area contributed by atoms with Crippen molar-refractivity contribution in [2.45, 2.75) is 13.3 Å². The quantitative estimate of drug-likeness (QED) is 0.745. The van der Waals surface area contributed by atoms with Gasteiger partial charge in [0.2, 0.25) is 5.88 Å². The van der Waals surface area contributed by atoms with Gasteiger partial charge in [-0.25, -0.2) is 13.8 Å². The van der Waals surface area contributed by atoms with Crippen LogP contribution in [-0.2, 0) is 0 Å². The second-order valence-corrected chi connectivity index (χ2v) is 2.62. The van der Waals surface area contributed by atoms with Crippen molar-refractivity contribution in [1.29, 1.82) is 5.26 Å². The van der Waals surface area contributed by atoms with Gasteiger partial charge < -0.3 is 4.74 Å². The van der Waals surface area contributed by atoms with Crippen LogP contribution in [0.4, 0.5) is 8.78 Å². The number of nitriles is 1. The maximum Gasteiger partial charge on any atom is 0.272 e. The molecule has 1 rings (SSSR count). The van der Waals surface area contributed by atoms with Gasteiger partial charge in [0.25, 0.3) is 6.43 Å². The van der Waals surface area contributed by atoms with Crippen molar-refractivity contribution in [3.05, 3.63) is 23.4 Å². The summed E-state index contributed by atoms with van der Waals surface area (Å²) in [4.78, 5) is 3.84. The Bertz CT molecular complexity index is 360. The molecule has 14 heavy (non-hydrogen) atoms. The van der Waals surface area contributed by atoms with Crippen LogP contribution in [0.1, 0.15) is 11.3 Å². The molecule has 0 saturated carbocycles. The first-order chi connectivity index (χ1) is 6.63. The molecule has 0 aromatic carbocycles. The van der Waals surface area contributed by atoms with E-state index in [1.165, 1.54) is 6.07 Å². The highest BCUT2D eigenvalue weighted by atomic mass is 19.3. The Morgan fingerprint density at radius 3 is 2.86 bits per heavy atom. The summed E-state index contributed by atoms with van der Waals surface area (Å²) < 4.78 is 28.3. The highest BCUT2D eigenvalue weighted by molar-refractivity contribution is 5.38. The van der Waals surface area contributed by atoms with Gasteiger partial charge in [0.1, 0.15) is 11.6 Å². The zero-order valence-electron chi connectivity index (χ0n) is 7.50. The van der Waals surface area contributed by atoms with Crippen LogP contribution in [0.25, 0.3) is 0 Å². The first-order valence-corrected chi connectivity index (χ1v) is 3.92. The topological polar surface area (TPSA) is 45.9 Å². The molecule has 5 heteroatoms. The Morgan fingerprint density at radius 1 is 1.57 bits per heavy atom. The van der Waals surface area contributed by atoms with Crippen LogP contribution >= 0.6 is 0 Å². The Hall–Kier alpha value is -1.70. The Labute approximate surface area is 79.9 Å². The highest BCUT2D eigenvalue weighted by Gasteiger charge is 2.08. The van der Waals surface area contributed by atoms with Gasteiger partial charge in [-0.1, -0.05) is 0 Å². The number of aromatic nitrogens is 1. The standard InChI is InChI=1S/C9H8F2N2O/c1-6-2-3-7(4-12)9(13-6)14-5-8(10)11/h2-3,8H,5H2,1H3. The molecule has 0 spiro atoms. The van der Waals surface area contributed by atoms with Gasteiger partial charge in [0.05, 0.1) is 0 Å². The van der Waals surface area contributed by atoms with Gasteiger partial charge in [-0.15, -0.1) is 0 Å². The van der Waals surface area contributed by atoms with Crippen LogP contribution in [0.15, 0.2) is 12.1 Å². The molecule has 0 aliphatic carbocycles. The van der Waals surface area contributed by atoms with Gasteiger partial charge in [-0.3, -0.25) is 0 Å². The second kappa shape index (κ2) is 4.51. The number of aryl methyl sites for hydroxylation is 1. The summed E-state index contributed by atoms with van der Waals surface area (Å²) in [7, 11) is 0. The van der Waals surface area contributed by atoms with Crippen molar-refractivity contribution in [3.63, 3.8) is 0 Å². The Morgan fingerprint density at radius 2 is 2.29 bits per heavy atom. The third-order valence-electron chi connectivity index (χ3n) is 1.47. The second-order valence-electron chi connectivity index (χ2n) is 2.62. The first-order valence-electron chi connectivity index (χ1n) is 3.92. The number of alkyl halides is 2. The highest BCUT2D eigenvalue weighted by Crippen LogP contribution is 2.15. The minimum atomic E-state index is -2.57. The van der Waals surface area contributed by atoms with E-state index in [2.05, 4.69) is 9.72 Å². The number of rotatable bonds is 3. The molecule has 0 radical (unpaired) electrons. The number of hydrogen-bond acceptors (Lipinski definition) is 3. The zero-order chi connectivity index (χ0) is 10.6. The van der Waals surface area contributed by atoms with E-state index in [-0.39, 0.29) is 11.4 Å². The predicted molar refractivity (Wildman–Crippen MR) is 45.2 cm³/mol. The average Bonchev–Trinajstić information content (AvgIpc) is 2.15. The molecular weight excluding hydrogens is 190 g/mol. The van der Waals surface area contributed by atoms with Crippen LogP contribution in [-0.4, -0.2) is 18.0 Å². The molecule has 0 aliphatic heterocycles. The average molecular weight is 198 g/mol. The summed E-state index contributed by atoms with van der Waals surface area (Å²) in [6.45, 7) is 0.946. The van der Waals surface area contributed by atoms with Gasteiger partial charge in [0.15, 0.2) is 6.61 Å². The van der Waals surface area contributed by atoms with Gasteiger partial charge in [-0.2, -0.15) is 5.26 Å². The fraction of sp³-hybridized carbons (Fsp3) is 0.333. The van der Waals surface area contributed by atoms with Crippen LogP contribution in [0.2, 0.25) is 0 Å². The number of ether oxygens (including phenoxy) is 1. The summed E-state index contributed by atoms with van der Waals surface area (Å²) in [5.41, 5.74) is 0.782. The third-order valence-corrected chi connectivity index (χ3v) is 1.47. The molecule has 3 nitrogen and oxygen atoms in total. The summed E-state index contributed by atoms with van der Waals surface area (Å²) in [6.07, 6.45) is -2.57. The minimum absolute atomic E-state index is 0.0344. The van der Waals surface area contributed by atoms with Gasteiger partial charge in [-0.05, 0) is 19.1 Å². The fourth-order valence-electron chi connectivity index (χ4n) is 0.870. The molecule has 0 saturated heterocycles. The first kappa shape index (κ1) is 10.4. The van der Waals surface area contributed by atoms with Crippen LogP contribution in [0.5, 0.6) is 5.88 Å². The lowest BCUT2D eigenvalue weighted by molar-refractivity contribution is 0.0793. The van der Waals surface area contributed by atoms with Gasteiger partial charge >= 0.3 is 0 Å². The van der Waals surface area contributed by atoms with E-state index in [9.17, 15) is 8.78 Å². The molecular formula is C9H8F2N2O. The van der Waals surface area contributed by atoms with Crippen molar-refractivity contribution in [3.8, 4) is 11.9 Å². The molecule has 0 atom stereocenters. The van der Waals surface area contributed by atoms with E-state index in [4.69, 9.17) is 5.26 Å². The lowest BCUT2D eigenvalue weighted by atomic mass is 10.2. The lowest BCUT2D eigenvalue weighted by Gasteiger charge is -2.06. The van der Waals surface area contributed by atoms with E-state index < -0.39 is 13.0 Å². The molecule has 0 bridgehead atoms. The summed E-state index contributed by atoms with van der Waals surface area (Å²) >= 11 is 0. The van der Waals surface area contributed by atoms with Crippen LogP contribution in [0, 0.1) is 18.3 Å². The number of halogens is 2. The fourth-order valence-corrected chi connectivity index (χ4v) is 0.870. The molecule has 0 unspecified atom stereocenters. The lowest BCUT2D eigenvalue weighted by Crippen LogP contribution is -2.09. The molecule has 0 N–H and O–H groups in total. The SMILES string of the molecule is Cc1ccc(C#N)c(OCC(F)F)n1. The number of pyridine rings is 1. The minimum Gasteiger partial charge on any atom is -0.471 e. The van der Waals surface area contributed by atoms with Crippen molar-refractivity contribution in [2.24, 2.45) is 0 Å². The molecule has 1 aromatic heterocycles. The molecule has 0 amide bonds. The van der Waals surface area contributed by atoms with E-state index in [0.29, 0.717) is 5.69 Å². The Balaban J connectivity index is 2.84. The summed E-state index contributed by atoms with van der Waals surface area (Å²) in [5.74, 6) is -0.0344. The third kappa shape index (κ3) is 2.66. The van der Waals surface area contributed by atoms with Crippen molar-refractivity contribution in [1.82, 2.24) is 4.98 Å². The summed E-state index contributed by atoms with van der Waals surface area (Å²) in [6, 6.07) is 4.92. The zero-order valence-corrected chi connectivity index (χ0v) is 7.50. The molecule has 74 valence electrons. The molecule has 0 aliphatic rings. The van der Waals surface area contributed by atoms with Gasteiger partial charge in [0, 0.05) is 5.69 Å². The molecule has 1 heterocycles. The molecule has 0 fully saturated rings. The maximum atomic E-state index is 11.8. The van der Waals surface area contributed by atoms with Crippen LogP contribution in [0.3, 0.4) is 0 Å². The smallest absolute Gasteiger partial charge is 0.272 e. The predicted octanol–water partition coefficient (Wildman–Crippen LogP) is 1.91. The monoisotopic (exact) mass is 198 g/mol. The largest absolute Gasteiger partial charge is 0.471 e.